The van der Waals surface area contributed by atoms with Crippen molar-refractivity contribution in [3.63, 3.8) is 0 Å². The summed E-state index contributed by atoms with van der Waals surface area (Å²) in [5.41, 5.74) is 0. The molecule has 1 amide bonds. The molecule has 0 saturated heterocycles. The molecule has 66 heavy (non-hydrogen) atoms. The molecular weight excluding hydrogens is 815 g/mol. The molecule has 6 nitrogen and oxygen atoms in total. The molecule has 6 heteroatoms. The minimum Gasteiger partial charge on any atom is -0.466 e. The van der Waals surface area contributed by atoms with Gasteiger partial charge in [-0.3, -0.25) is 9.59 Å². The van der Waals surface area contributed by atoms with E-state index in [9.17, 15) is 19.8 Å². The molecule has 0 bridgehead atoms. The SMILES string of the molecule is CCCCCCCC/C=C\CCCCCCCC(=O)OCCCC/C=C\CCCCCCCC(=O)NC(CO)C(O)/C=C/CCCCCCCCCCCCCCCCCCCCCCC. The Morgan fingerprint density at radius 2 is 0.712 bits per heavy atom. The maximum Gasteiger partial charge on any atom is 0.305 e. The molecule has 0 saturated carbocycles. The number of ether oxygens (including phenoxy) is 1. The number of aliphatic hydroxyl groups excluding tert-OH is 2. The van der Waals surface area contributed by atoms with Gasteiger partial charge in [0.25, 0.3) is 0 Å². The van der Waals surface area contributed by atoms with E-state index >= 15 is 0 Å². The van der Waals surface area contributed by atoms with Gasteiger partial charge in [0, 0.05) is 12.8 Å². The number of esters is 1. The number of aliphatic hydroxyl groups is 2. The van der Waals surface area contributed by atoms with Crippen molar-refractivity contribution < 1.29 is 24.5 Å². The number of allylic oxidation sites excluding steroid dienone is 5. The summed E-state index contributed by atoms with van der Waals surface area (Å²) in [7, 11) is 0. The number of hydrogen-bond acceptors (Lipinski definition) is 5. The minimum absolute atomic E-state index is 0.0406. The van der Waals surface area contributed by atoms with E-state index in [1.165, 1.54) is 199 Å². The standard InChI is InChI=1S/C60H113NO5/c1-3-5-7-9-11-13-15-17-19-20-21-22-23-24-25-26-28-29-32-36-40-44-48-52-58(63)57(56-62)61-59(64)53-49-45-41-37-33-31-35-39-43-47-51-55-66-60(65)54-50-46-42-38-34-30-27-18-16-14-12-10-8-6-4-2/h18,27,35,39,48,52,57-58,62-63H,3-17,19-26,28-34,36-38,40-47,49-51,53-56H2,1-2H3,(H,61,64)/b27-18-,39-35-,52-48+. The average Bonchev–Trinajstić information content (AvgIpc) is 3.32. The van der Waals surface area contributed by atoms with Gasteiger partial charge in [-0.2, -0.15) is 0 Å². The predicted molar refractivity (Wildman–Crippen MR) is 287 cm³/mol. The molecule has 0 rings (SSSR count). The van der Waals surface area contributed by atoms with Crippen LogP contribution in [0.5, 0.6) is 0 Å². The Morgan fingerprint density at radius 3 is 1.08 bits per heavy atom. The lowest BCUT2D eigenvalue weighted by atomic mass is 10.0. The van der Waals surface area contributed by atoms with Crippen molar-refractivity contribution in [2.24, 2.45) is 0 Å². The van der Waals surface area contributed by atoms with Gasteiger partial charge in [-0.1, -0.05) is 249 Å². The van der Waals surface area contributed by atoms with Crippen LogP contribution in [0.1, 0.15) is 309 Å². The first-order chi connectivity index (χ1) is 32.5. The van der Waals surface area contributed by atoms with E-state index in [1.54, 1.807) is 6.08 Å². The zero-order valence-electron chi connectivity index (χ0n) is 44.2. The average molecular weight is 929 g/mol. The molecule has 0 radical (unpaired) electrons. The molecule has 0 aliphatic heterocycles. The third-order valence-electron chi connectivity index (χ3n) is 13.4. The van der Waals surface area contributed by atoms with Gasteiger partial charge >= 0.3 is 5.97 Å². The fraction of sp³-hybridized carbons (Fsp3) is 0.867. The summed E-state index contributed by atoms with van der Waals surface area (Å²) in [6, 6.07) is -0.651. The summed E-state index contributed by atoms with van der Waals surface area (Å²) >= 11 is 0. The molecule has 0 fully saturated rings. The van der Waals surface area contributed by atoms with Gasteiger partial charge in [0.2, 0.25) is 5.91 Å². The summed E-state index contributed by atoms with van der Waals surface area (Å²) in [6.45, 7) is 4.83. The largest absolute Gasteiger partial charge is 0.466 e. The zero-order valence-corrected chi connectivity index (χ0v) is 44.2. The molecule has 0 aromatic carbocycles. The van der Waals surface area contributed by atoms with E-state index in [1.807, 2.05) is 6.08 Å². The van der Waals surface area contributed by atoms with Crippen molar-refractivity contribution >= 4 is 11.9 Å². The third-order valence-corrected chi connectivity index (χ3v) is 13.4. The van der Waals surface area contributed by atoms with Crippen LogP contribution in [0.2, 0.25) is 0 Å². The lowest BCUT2D eigenvalue weighted by Gasteiger charge is -2.20. The van der Waals surface area contributed by atoms with E-state index in [-0.39, 0.29) is 18.5 Å². The van der Waals surface area contributed by atoms with Gasteiger partial charge in [-0.05, 0) is 83.5 Å². The molecule has 0 aromatic rings. The molecular formula is C60H113NO5. The van der Waals surface area contributed by atoms with Gasteiger partial charge in [-0.25, -0.2) is 0 Å². The molecule has 0 heterocycles. The molecule has 0 aliphatic carbocycles. The van der Waals surface area contributed by atoms with Crippen LogP contribution in [0, 0.1) is 0 Å². The first-order valence-electron chi connectivity index (χ1n) is 29.3. The summed E-state index contributed by atoms with van der Waals surface area (Å²) in [4.78, 5) is 24.5. The quantitative estimate of drug-likeness (QED) is 0.0321. The predicted octanol–water partition coefficient (Wildman–Crippen LogP) is 18.0. The third kappa shape index (κ3) is 51.5. The number of rotatable bonds is 54. The second-order valence-electron chi connectivity index (χ2n) is 20.0. The molecule has 0 spiro atoms. The first kappa shape index (κ1) is 64.1. The number of hydrogen-bond donors (Lipinski definition) is 3. The van der Waals surface area contributed by atoms with Crippen LogP contribution in [0.15, 0.2) is 36.5 Å². The molecule has 2 unspecified atom stereocenters. The van der Waals surface area contributed by atoms with Gasteiger partial charge in [0.1, 0.15) is 0 Å². The maximum atomic E-state index is 12.5. The smallest absolute Gasteiger partial charge is 0.305 e. The molecule has 3 N–H and O–H groups in total. The molecule has 0 aliphatic rings. The van der Waals surface area contributed by atoms with Crippen molar-refractivity contribution in [1.82, 2.24) is 5.32 Å². The lowest BCUT2D eigenvalue weighted by Crippen LogP contribution is -2.45. The Balaban J connectivity index is 3.54. The highest BCUT2D eigenvalue weighted by Gasteiger charge is 2.18. The van der Waals surface area contributed by atoms with Crippen molar-refractivity contribution in [2.75, 3.05) is 13.2 Å². The number of unbranched alkanes of at least 4 members (excludes halogenated alkanes) is 39. The maximum absolute atomic E-state index is 12.5. The van der Waals surface area contributed by atoms with Crippen LogP contribution in [-0.2, 0) is 14.3 Å². The van der Waals surface area contributed by atoms with E-state index < -0.39 is 12.1 Å². The Kier molecular flexibility index (Phi) is 54.1. The topological polar surface area (TPSA) is 95.9 Å². The number of nitrogens with one attached hydrogen (secondary N) is 1. The minimum atomic E-state index is -0.864. The van der Waals surface area contributed by atoms with Crippen molar-refractivity contribution in [2.45, 2.75) is 321 Å². The summed E-state index contributed by atoms with van der Waals surface area (Å²) in [5.74, 6) is -0.136. The zero-order chi connectivity index (χ0) is 47.9. The monoisotopic (exact) mass is 928 g/mol. The van der Waals surface area contributed by atoms with E-state index in [0.29, 0.717) is 19.4 Å². The highest BCUT2D eigenvalue weighted by atomic mass is 16.5. The van der Waals surface area contributed by atoms with E-state index in [0.717, 1.165) is 83.5 Å². The second-order valence-corrected chi connectivity index (χ2v) is 20.0. The summed E-state index contributed by atoms with van der Waals surface area (Å²) in [5, 5.41) is 23.2. The highest BCUT2D eigenvalue weighted by molar-refractivity contribution is 5.76. The second kappa shape index (κ2) is 55.7. The van der Waals surface area contributed by atoms with E-state index in [4.69, 9.17) is 4.74 Å². The fourth-order valence-electron chi connectivity index (χ4n) is 8.86. The van der Waals surface area contributed by atoms with Gasteiger partial charge in [0.05, 0.1) is 25.4 Å². The van der Waals surface area contributed by atoms with Crippen LogP contribution in [0.25, 0.3) is 0 Å². The highest BCUT2D eigenvalue weighted by Crippen LogP contribution is 2.17. The number of amides is 1. The van der Waals surface area contributed by atoms with Crippen LogP contribution < -0.4 is 5.32 Å². The molecule has 388 valence electrons. The van der Waals surface area contributed by atoms with Crippen LogP contribution in [0.3, 0.4) is 0 Å². The van der Waals surface area contributed by atoms with Gasteiger partial charge < -0.3 is 20.3 Å². The van der Waals surface area contributed by atoms with Crippen molar-refractivity contribution in [3.05, 3.63) is 36.5 Å². The summed E-state index contributed by atoms with van der Waals surface area (Å²) < 4.78 is 5.44. The van der Waals surface area contributed by atoms with Crippen LogP contribution in [0.4, 0.5) is 0 Å². The molecule has 0 aromatic heterocycles. The summed E-state index contributed by atoms with van der Waals surface area (Å²) in [6.07, 6.45) is 68.8. The Morgan fingerprint density at radius 1 is 0.409 bits per heavy atom. The Bertz CT molecular complexity index is 1070. The fourth-order valence-corrected chi connectivity index (χ4v) is 8.86. The van der Waals surface area contributed by atoms with Crippen molar-refractivity contribution in [1.29, 1.82) is 0 Å². The lowest BCUT2D eigenvalue weighted by molar-refractivity contribution is -0.143. The Labute approximate surface area is 411 Å². The number of carbonyl (C=O) groups is 2. The normalized spacial score (nSPS) is 12.8. The van der Waals surface area contributed by atoms with E-state index in [2.05, 4.69) is 43.5 Å². The molecule has 2 atom stereocenters. The van der Waals surface area contributed by atoms with Crippen LogP contribution >= 0.6 is 0 Å². The first-order valence-corrected chi connectivity index (χ1v) is 29.3. The van der Waals surface area contributed by atoms with Gasteiger partial charge in [-0.15, -0.1) is 0 Å². The Hall–Kier alpha value is -1.92. The van der Waals surface area contributed by atoms with Crippen molar-refractivity contribution in [3.8, 4) is 0 Å². The van der Waals surface area contributed by atoms with Gasteiger partial charge in [0.15, 0.2) is 0 Å². The number of carbonyl (C=O) groups excluding carboxylic acids is 2. The van der Waals surface area contributed by atoms with Crippen LogP contribution in [-0.4, -0.2) is 47.4 Å².